The number of benzene rings is 2. The summed E-state index contributed by atoms with van der Waals surface area (Å²) in [5.41, 5.74) is 7.19. The molecule has 20 heavy (non-hydrogen) atoms. The Morgan fingerprint density at radius 2 is 1.80 bits per heavy atom. The molecule has 0 atom stereocenters. The van der Waals surface area contributed by atoms with Gasteiger partial charge in [-0.3, -0.25) is 0 Å². The number of hydrogen-bond acceptors (Lipinski definition) is 3. The van der Waals surface area contributed by atoms with Crippen LogP contribution in [0.3, 0.4) is 0 Å². The lowest BCUT2D eigenvalue weighted by atomic mass is 10.0. The van der Waals surface area contributed by atoms with Crippen molar-refractivity contribution in [1.29, 1.82) is 0 Å². The molecule has 0 spiro atoms. The van der Waals surface area contributed by atoms with Crippen molar-refractivity contribution in [3.05, 3.63) is 47.5 Å². The van der Waals surface area contributed by atoms with Crippen LogP contribution in [0.5, 0.6) is 11.5 Å². The van der Waals surface area contributed by atoms with Gasteiger partial charge >= 0.3 is 0 Å². The van der Waals surface area contributed by atoms with Gasteiger partial charge in [0.1, 0.15) is 11.6 Å². The van der Waals surface area contributed by atoms with Gasteiger partial charge in [-0.25, -0.2) is 8.78 Å². The molecule has 0 radical (unpaired) electrons. The second-order valence-electron chi connectivity index (χ2n) is 4.20. The summed E-state index contributed by atoms with van der Waals surface area (Å²) >= 11 is 0. The molecule has 0 saturated carbocycles. The fourth-order valence-electron chi connectivity index (χ4n) is 2.07. The number of hydrogen-bond donors (Lipinski definition) is 1. The van der Waals surface area contributed by atoms with Gasteiger partial charge in [-0.2, -0.15) is 0 Å². The zero-order chi connectivity index (χ0) is 14.7. The molecular formula is C15H15F2NO2. The second kappa shape index (κ2) is 5.88. The summed E-state index contributed by atoms with van der Waals surface area (Å²) in [6.45, 7) is 0.218. The highest BCUT2D eigenvalue weighted by atomic mass is 19.1. The van der Waals surface area contributed by atoms with Crippen LogP contribution in [0.25, 0.3) is 11.1 Å². The Hall–Kier alpha value is -2.14. The number of rotatable bonds is 4. The third-order valence-electron chi connectivity index (χ3n) is 3.02. The maximum atomic E-state index is 13.8. The van der Waals surface area contributed by atoms with Crippen LogP contribution in [0.1, 0.15) is 5.56 Å². The van der Waals surface area contributed by atoms with Gasteiger partial charge in [-0.05, 0) is 29.8 Å². The van der Waals surface area contributed by atoms with Crippen LogP contribution in [-0.2, 0) is 6.54 Å². The summed E-state index contributed by atoms with van der Waals surface area (Å²) in [7, 11) is 3.00. The lowest BCUT2D eigenvalue weighted by Gasteiger charge is -2.14. The predicted molar refractivity (Wildman–Crippen MR) is 72.8 cm³/mol. The molecule has 106 valence electrons. The molecule has 0 aliphatic rings. The number of nitrogens with two attached hydrogens (primary N) is 1. The lowest BCUT2D eigenvalue weighted by Crippen LogP contribution is -2.02. The molecule has 2 N–H and O–H groups in total. The minimum Gasteiger partial charge on any atom is -0.493 e. The third-order valence-corrected chi connectivity index (χ3v) is 3.02. The topological polar surface area (TPSA) is 44.5 Å². The zero-order valence-electron chi connectivity index (χ0n) is 11.2. The van der Waals surface area contributed by atoms with E-state index in [1.54, 1.807) is 12.1 Å². The maximum Gasteiger partial charge on any atom is 0.165 e. The molecule has 0 amide bonds. The zero-order valence-corrected chi connectivity index (χ0v) is 11.2. The Labute approximate surface area is 115 Å². The standard InChI is InChI=1S/C15H15F2NO2/c1-19-14-6-9(5-10(8-18)15(14)20-2)12-4-3-11(16)7-13(12)17/h3-7H,8,18H2,1-2H3. The Morgan fingerprint density at radius 3 is 2.35 bits per heavy atom. The van der Waals surface area contributed by atoms with E-state index in [2.05, 4.69) is 0 Å². The first-order valence-corrected chi connectivity index (χ1v) is 6.01. The van der Waals surface area contributed by atoms with Gasteiger partial charge in [0, 0.05) is 23.7 Å². The molecule has 2 aromatic rings. The summed E-state index contributed by atoms with van der Waals surface area (Å²) < 4.78 is 37.3. The molecule has 2 aromatic carbocycles. The van der Waals surface area contributed by atoms with Crippen molar-refractivity contribution in [1.82, 2.24) is 0 Å². The highest BCUT2D eigenvalue weighted by Gasteiger charge is 2.14. The first-order valence-electron chi connectivity index (χ1n) is 6.01. The highest BCUT2D eigenvalue weighted by Crippen LogP contribution is 2.36. The lowest BCUT2D eigenvalue weighted by molar-refractivity contribution is 0.352. The average molecular weight is 279 g/mol. The van der Waals surface area contributed by atoms with Crippen LogP contribution in [-0.4, -0.2) is 14.2 Å². The Bertz CT molecular complexity index is 604. The molecule has 0 fully saturated rings. The molecule has 0 saturated heterocycles. The van der Waals surface area contributed by atoms with Crippen LogP contribution in [0.15, 0.2) is 30.3 Å². The maximum absolute atomic E-state index is 13.8. The van der Waals surface area contributed by atoms with E-state index < -0.39 is 11.6 Å². The number of methoxy groups -OCH3 is 2. The van der Waals surface area contributed by atoms with E-state index in [0.717, 1.165) is 6.07 Å². The van der Waals surface area contributed by atoms with Crippen LogP contribution in [0.4, 0.5) is 8.78 Å². The monoisotopic (exact) mass is 279 g/mol. The molecule has 0 heterocycles. The summed E-state index contributed by atoms with van der Waals surface area (Å²) in [6.07, 6.45) is 0. The molecule has 0 unspecified atom stereocenters. The van der Waals surface area contributed by atoms with E-state index in [4.69, 9.17) is 15.2 Å². The van der Waals surface area contributed by atoms with E-state index >= 15 is 0 Å². The minimum absolute atomic E-state index is 0.218. The average Bonchev–Trinajstić information content (AvgIpc) is 2.45. The van der Waals surface area contributed by atoms with E-state index in [9.17, 15) is 8.78 Å². The van der Waals surface area contributed by atoms with Crippen LogP contribution >= 0.6 is 0 Å². The van der Waals surface area contributed by atoms with Crippen molar-refractivity contribution in [3.63, 3.8) is 0 Å². The molecule has 0 aromatic heterocycles. The van der Waals surface area contributed by atoms with Gasteiger partial charge in [-0.1, -0.05) is 0 Å². The van der Waals surface area contributed by atoms with E-state index in [1.165, 1.54) is 26.4 Å². The second-order valence-corrected chi connectivity index (χ2v) is 4.20. The van der Waals surface area contributed by atoms with Gasteiger partial charge in [0.2, 0.25) is 0 Å². The van der Waals surface area contributed by atoms with Crippen LogP contribution < -0.4 is 15.2 Å². The molecule has 0 aliphatic carbocycles. The van der Waals surface area contributed by atoms with Crippen molar-refractivity contribution in [2.45, 2.75) is 6.54 Å². The van der Waals surface area contributed by atoms with Gasteiger partial charge in [0.05, 0.1) is 14.2 Å². The van der Waals surface area contributed by atoms with E-state index in [-0.39, 0.29) is 12.1 Å². The smallest absolute Gasteiger partial charge is 0.165 e. The first kappa shape index (κ1) is 14.3. The minimum atomic E-state index is -0.639. The highest BCUT2D eigenvalue weighted by molar-refractivity contribution is 5.69. The normalized spacial score (nSPS) is 10.4. The van der Waals surface area contributed by atoms with Gasteiger partial charge in [-0.15, -0.1) is 0 Å². The van der Waals surface area contributed by atoms with E-state index in [1.807, 2.05) is 0 Å². The molecule has 2 rings (SSSR count). The van der Waals surface area contributed by atoms with Crippen molar-refractivity contribution in [3.8, 4) is 22.6 Å². The van der Waals surface area contributed by atoms with Crippen LogP contribution in [0.2, 0.25) is 0 Å². The molecule has 0 aliphatic heterocycles. The van der Waals surface area contributed by atoms with Crippen molar-refractivity contribution in [2.24, 2.45) is 5.73 Å². The Kier molecular flexibility index (Phi) is 4.20. The van der Waals surface area contributed by atoms with Crippen molar-refractivity contribution >= 4 is 0 Å². The SMILES string of the molecule is COc1cc(-c2ccc(F)cc2F)cc(CN)c1OC. The predicted octanol–water partition coefficient (Wildman–Crippen LogP) is 3.11. The quantitative estimate of drug-likeness (QED) is 0.935. The number of halogens is 2. The first-order chi connectivity index (χ1) is 9.60. The fourth-order valence-corrected chi connectivity index (χ4v) is 2.07. The summed E-state index contributed by atoms with van der Waals surface area (Å²) in [5, 5.41) is 0. The van der Waals surface area contributed by atoms with Crippen molar-refractivity contribution < 1.29 is 18.3 Å². The summed E-state index contributed by atoms with van der Waals surface area (Å²) in [4.78, 5) is 0. The Balaban J connectivity index is 2.62. The summed E-state index contributed by atoms with van der Waals surface area (Å²) in [5.74, 6) is -0.290. The fraction of sp³-hybridized carbons (Fsp3) is 0.200. The molecule has 0 bridgehead atoms. The molecular weight excluding hydrogens is 264 g/mol. The van der Waals surface area contributed by atoms with Gasteiger partial charge in [0.15, 0.2) is 11.5 Å². The Morgan fingerprint density at radius 1 is 1.05 bits per heavy atom. The summed E-state index contributed by atoms with van der Waals surface area (Å²) in [6, 6.07) is 6.77. The van der Waals surface area contributed by atoms with Gasteiger partial charge < -0.3 is 15.2 Å². The van der Waals surface area contributed by atoms with Gasteiger partial charge in [0.25, 0.3) is 0 Å². The number of ether oxygens (including phenoxy) is 2. The largest absolute Gasteiger partial charge is 0.493 e. The van der Waals surface area contributed by atoms with E-state index in [0.29, 0.717) is 22.6 Å². The third kappa shape index (κ3) is 2.58. The van der Waals surface area contributed by atoms with Crippen LogP contribution in [0, 0.1) is 11.6 Å². The molecule has 5 heteroatoms. The van der Waals surface area contributed by atoms with Crippen molar-refractivity contribution in [2.75, 3.05) is 14.2 Å². The molecule has 3 nitrogen and oxygen atoms in total.